The zero-order valence-corrected chi connectivity index (χ0v) is 16.5. The molecule has 2 aliphatic rings. The molecule has 1 saturated carbocycles. The van der Waals surface area contributed by atoms with E-state index in [2.05, 4.69) is 37.2 Å². The van der Waals surface area contributed by atoms with Crippen molar-refractivity contribution in [3.8, 4) is 0 Å². The largest absolute Gasteiger partial charge is 0.324 e. The Hall–Kier alpha value is -0.920. The Morgan fingerprint density at radius 3 is 2.29 bits per heavy atom. The molecule has 3 rings (SSSR count). The maximum absolute atomic E-state index is 12.5. The molecule has 0 bridgehead atoms. The molecule has 1 aromatic carbocycles. The standard InChI is InChI=1S/C16H15Br2ClN2O3/c17-12-5-10-11(6-13(12)18)16(24)21(15(10)23)7-14(22)20-9-3-1-2-8(19)4-9/h1-4,10-13H,5-7H2,(H,20,22)/t10-,11-,12-,13+/m1/s1. The van der Waals surface area contributed by atoms with Gasteiger partial charge >= 0.3 is 0 Å². The van der Waals surface area contributed by atoms with Gasteiger partial charge in [-0.15, -0.1) is 0 Å². The van der Waals surface area contributed by atoms with Crippen LogP contribution in [0.2, 0.25) is 5.02 Å². The van der Waals surface area contributed by atoms with Gasteiger partial charge in [0.05, 0.1) is 11.8 Å². The summed E-state index contributed by atoms with van der Waals surface area (Å²) in [5.41, 5.74) is 0.532. The normalized spacial score (nSPS) is 29.5. The second-order valence-electron chi connectivity index (χ2n) is 6.04. The Balaban J connectivity index is 1.68. The summed E-state index contributed by atoms with van der Waals surface area (Å²) in [5.74, 6) is -1.60. The van der Waals surface area contributed by atoms with Crippen LogP contribution in [0.25, 0.3) is 0 Å². The molecule has 1 aromatic rings. The van der Waals surface area contributed by atoms with Crippen LogP contribution >= 0.6 is 43.5 Å². The molecule has 24 heavy (non-hydrogen) atoms. The Morgan fingerprint density at radius 1 is 1.17 bits per heavy atom. The Labute approximate surface area is 161 Å². The van der Waals surface area contributed by atoms with Gasteiger partial charge in [0.2, 0.25) is 17.7 Å². The van der Waals surface area contributed by atoms with Crippen LogP contribution in [-0.4, -0.2) is 38.8 Å². The minimum Gasteiger partial charge on any atom is -0.324 e. The van der Waals surface area contributed by atoms with E-state index in [9.17, 15) is 14.4 Å². The third kappa shape index (κ3) is 3.53. The Morgan fingerprint density at radius 2 is 1.75 bits per heavy atom. The summed E-state index contributed by atoms with van der Waals surface area (Å²) in [6, 6.07) is 6.72. The summed E-state index contributed by atoms with van der Waals surface area (Å²) in [5, 5.41) is 3.16. The maximum atomic E-state index is 12.5. The molecule has 128 valence electrons. The fraction of sp³-hybridized carbons (Fsp3) is 0.438. The number of anilines is 1. The molecule has 5 nitrogen and oxygen atoms in total. The number of carbonyl (C=O) groups is 3. The number of likely N-dealkylation sites (tertiary alicyclic amines) is 1. The van der Waals surface area contributed by atoms with Gasteiger partial charge in [0.1, 0.15) is 6.54 Å². The van der Waals surface area contributed by atoms with E-state index < -0.39 is 5.91 Å². The summed E-state index contributed by atoms with van der Waals surface area (Å²) in [4.78, 5) is 38.6. The van der Waals surface area contributed by atoms with Crippen molar-refractivity contribution in [2.75, 3.05) is 11.9 Å². The minimum absolute atomic E-state index is 0.149. The van der Waals surface area contributed by atoms with Crippen LogP contribution in [0.15, 0.2) is 24.3 Å². The van der Waals surface area contributed by atoms with Crippen molar-refractivity contribution in [1.82, 2.24) is 4.90 Å². The van der Waals surface area contributed by atoms with E-state index in [-0.39, 0.29) is 39.8 Å². The number of hydrogen-bond acceptors (Lipinski definition) is 3. The molecular weight excluding hydrogens is 463 g/mol. The van der Waals surface area contributed by atoms with Crippen LogP contribution in [-0.2, 0) is 14.4 Å². The van der Waals surface area contributed by atoms with Gasteiger partial charge in [0.15, 0.2) is 0 Å². The highest BCUT2D eigenvalue weighted by Crippen LogP contribution is 2.43. The molecule has 0 radical (unpaired) electrons. The Kier molecular flexibility index (Phi) is 5.32. The van der Waals surface area contributed by atoms with Gasteiger partial charge in [-0.05, 0) is 31.0 Å². The fourth-order valence-corrected chi connectivity index (χ4v) is 4.66. The lowest BCUT2D eigenvalue weighted by Gasteiger charge is -2.29. The van der Waals surface area contributed by atoms with Crippen LogP contribution in [0.3, 0.4) is 0 Å². The molecule has 0 aromatic heterocycles. The smallest absolute Gasteiger partial charge is 0.244 e. The van der Waals surface area contributed by atoms with Crippen LogP contribution in [0.1, 0.15) is 12.8 Å². The van der Waals surface area contributed by atoms with E-state index in [1.165, 1.54) is 0 Å². The van der Waals surface area contributed by atoms with E-state index in [1.807, 2.05) is 0 Å². The summed E-state index contributed by atoms with van der Waals surface area (Å²) < 4.78 is 0. The van der Waals surface area contributed by atoms with Gasteiger partial charge in [-0.2, -0.15) is 0 Å². The summed E-state index contributed by atoms with van der Waals surface area (Å²) in [7, 11) is 0. The average molecular weight is 479 g/mol. The van der Waals surface area contributed by atoms with Crippen LogP contribution in [0, 0.1) is 11.8 Å². The third-order valence-electron chi connectivity index (χ3n) is 4.41. The van der Waals surface area contributed by atoms with Crippen molar-refractivity contribution in [2.45, 2.75) is 22.5 Å². The number of halogens is 3. The topological polar surface area (TPSA) is 66.5 Å². The van der Waals surface area contributed by atoms with Crippen molar-refractivity contribution < 1.29 is 14.4 Å². The molecule has 1 heterocycles. The number of benzene rings is 1. The number of fused-ring (bicyclic) bond motifs is 1. The number of imide groups is 1. The predicted octanol–water partition coefficient (Wildman–Crippen LogP) is 3.20. The van der Waals surface area contributed by atoms with Gasteiger partial charge in [0.25, 0.3) is 0 Å². The number of nitrogens with one attached hydrogen (secondary N) is 1. The molecule has 3 amide bonds. The molecule has 1 saturated heterocycles. The average Bonchev–Trinajstić information content (AvgIpc) is 2.73. The predicted molar refractivity (Wildman–Crippen MR) is 98.4 cm³/mol. The number of hydrogen-bond donors (Lipinski definition) is 1. The zero-order valence-electron chi connectivity index (χ0n) is 12.5. The zero-order chi connectivity index (χ0) is 17.4. The van der Waals surface area contributed by atoms with Crippen molar-refractivity contribution in [3.63, 3.8) is 0 Å². The highest BCUT2D eigenvalue weighted by Gasteiger charge is 2.52. The van der Waals surface area contributed by atoms with E-state index in [1.54, 1.807) is 24.3 Å². The Bertz CT molecular complexity index is 672. The van der Waals surface area contributed by atoms with Gasteiger partial charge in [-0.25, -0.2) is 0 Å². The fourth-order valence-electron chi connectivity index (χ4n) is 3.23. The first kappa shape index (κ1) is 17.9. The van der Waals surface area contributed by atoms with Crippen LogP contribution < -0.4 is 5.32 Å². The molecule has 8 heteroatoms. The highest BCUT2D eigenvalue weighted by atomic mass is 79.9. The first-order valence-electron chi connectivity index (χ1n) is 7.55. The number of alkyl halides is 2. The maximum Gasteiger partial charge on any atom is 0.244 e. The second kappa shape index (κ2) is 7.14. The summed E-state index contributed by atoms with van der Waals surface area (Å²) in [6.07, 6.45) is 1.19. The second-order valence-corrected chi connectivity index (χ2v) is 8.83. The van der Waals surface area contributed by atoms with E-state index in [4.69, 9.17) is 11.6 Å². The lowest BCUT2D eigenvalue weighted by atomic mass is 9.81. The lowest BCUT2D eigenvalue weighted by Crippen LogP contribution is -2.38. The molecule has 0 unspecified atom stereocenters. The summed E-state index contributed by atoms with van der Waals surface area (Å²) >= 11 is 13.0. The molecule has 4 atom stereocenters. The van der Waals surface area contributed by atoms with Crippen LogP contribution in [0.4, 0.5) is 5.69 Å². The first-order chi connectivity index (χ1) is 11.4. The molecule has 1 N–H and O–H groups in total. The SMILES string of the molecule is O=C(CN1C(=O)[C@@H]2C[C@@H](Br)[C@@H](Br)C[C@H]2C1=O)Nc1cccc(Cl)c1. The van der Waals surface area contributed by atoms with E-state index in [0.717, 1.165) is 4.90 Å². The van der Waals surface area contributed by atoms with Crippen molar-refractivity contribution in [3.05, 3.63) is 29.3 Å². The number of rotatable bonds is 3. The monoisotopic (exact) mass is 476 g/mol. The molecule has 1 aliphatic heterocycles. The minimum atomic E-state index is -0.414. The molecule has 1 aliphatic carbocycles. The van der Waals surface area contributed by atoms with Gasteiger partial charge in [0, 0.05) is 20.4 Å². The lowest BCUT2D eigenvalue weighted by molar-refractivity contribution is -0.142. The molecular formula is C16H15Br2ClN2O3. The van der Waals surface area contributed by atoms with Crippen LogP contribution in [0.5, 0.6) is 0 Å². The quantitative estimate of drug-likeness (QED) is 0.536. The van der Waals surface area contributed by atoms with E-state index >= 15 is 0 Å². The number of nitrogens with zero attached hydrogens (tertiary/aromatic N) is 1. The number of amides is 3. The van der Waals surface area contributed by atoms with Gasteiger partial charge in [-0.3, -0.25) is 19.3 Å². The highest BCUT2D eigenvalue weighted by molar-refractivity contribution is 9.12. The van der Waals surface area contributed by atoms with Gasteiger partial charge < -0.3 is 5.32 Å². The number of carbonyl (C=O) groups excluding carboxylic acids is 3. The third-order valence-corrected chi connectivity index (χ3v) is 7.38. The molecule has 2 fully saturated rings. The van der Waals surface area contributed by atoms with Crippen molar-refractivity contribution in [2.24, 2.45) is 11.8 Å². The van der Waals surface area contributed by atoms with Crippen molar-refractivity contribution in [1.29, 1.82) is 0 Å². The van der Waals surface area contributed by atoms with Crippen molar-refractivity contribution >= 4 is 66.9 Å². The van der Waals surface area contributed by atoms with E-state index in [0.29, 0.717) is 23.6 Å². The van der Waals surface area contributed by atoms with Gasteiger partial charge in [-0.1, -0.05) is 49.5 Å². The first-order valence-corrected chi connectivity index (χ1v) is 9.76. The molecule has 0 spiro atoms. The summed E-state index contributed by atoms with van der Waals surface area (Å²) in [6.45, 7) is -0.267.